The van der Waals surface area contributed by atoms with E-state index in [0.717, 1.165) is 45.8 Å². The highest BCUT2D eigenvalue weighted by Gasteiger charge is 2.51. The lowest BCUT2D eigenvalue weighted by molar-refractivity contribution is 0.0210. The lowest BCUT2D eigenvalue weighted by Gasteiger charge is -2.72. The van der Waals surface area contributed by atoms with Crippen LogP contribution in [0.3, 0.4) is 0 Å². The molecule has 8 rings (SSSR count). The van der Waals surface area contributed by atoms with Crippen molar-refractivity contribution in [2.75, 3.05) is 0 Å². The molecule has 8 fully saturated rings. The Hall–Kier alpha value is 0.430. The lowest BCUT2D eigenvalue weighted by atomic mass is 9.55. The summed E-state index contributed by atoms with van der Waals surface area (Å²) >= 11 is 0. The summed E-state index contributed by atoms with van der Waals surface area (Å²) in [7, 11) is 2.00. The minimum atomic E-state index is 0.820. The van der Waals surface area contributed by atoms with E-state index < -0.39 is 0 Å². The van der Waals surface area contributed by atoms with Crippen LogP contribution in [0.1, 0.15) is 77.0 Å². The van der Waals surface area contributed by atoms with Crippen molar-refractivity contribution in [1.82, 2.24) is 0 Å². The van der Waals surface area contributed by atoms with Gasteiger partial charge in [-0.15, -0.1) is 0 Å². The van der Waals surface area contributed by atoms with E-state index in [-0.39, 0.29) is 0 Å². The molecule has 0 aromatic rings. The van der Waals surface area contributed by atoms with Crippen molar-refractivity contribution >= 4 is 8.58 Å². The average molecular weight is 301 g/mol. The Morgan fingerprint density at radius 1 is 0.429 bits per heavy atom. The highest BCUT2D eigenvalue weighted by Crippen LogP contribution is 2.71. The maximum Gasteiger partial charge on any atom is -0.0427 e. The Morgan fingerprint density at radius 3 is 0.905 bits per heavy atom. The van der Waals surface area contributed by atoms with Crippen molar-refractivity contribution in [3.8, 4) is 0 Å². The Morgan fingerprint density at radius 2 is 0.667 bits per heavy atom. The quantitative estimate of drug-likeness (QED) is 0.559. The zero-order valence-electron chi connectivity index (χ0n) is 13.4. The Balaban J connectivity index is 1.31. The van der Waals surface area contributed by atoms with Crippen LogP contribution in [-0.4, -0.2) is 10.3 Å². The zero-order valence-corrected chi connectivity index (χ0v) is 14.3. The second-order valence-corrected chi connectivity index (χ2v) is 12.5. The molecule has 0 aromatic heterocycles. The molecule has 8 aliphatic rings. The van der Waals surface area contributed by atoms with Gasteiger partial charge in [-0.2, -0.15) is 10.3 Å². The van der Waals surface area contributed by atoms with Crippen LogP contribution in [0.25, 0.3) is 0 Å². The number of rotatable bonds is 2. The van der Waals surface area contributed by atoms with Gasteiger partial charge in [-0.3, -0.25) is 0 Å². The van der Waals surface area contributed by atoms with E-state index >= 15 is 0 Å². The molecule has 8 saturated carbocycles. The van der Waals surface area contributed by atoms with Gasteiger partial charge in [0.2, 0.25) is 0 Å². The first-order valence-electron chi connectivity index (χ1n) is 9.92. The Kier molecular flexibility index (Phi) is 2.49. The van der Waals surface area contributed by atoms with Gasteiger partial charge < -0.3 is 8.58 Å². The van der Waals surface area contributed by atoms with E-state index in [0.29, 0.717) is 0 Å². The topological polar surface area (TPSA) is 0 Å². The predicted octanol–water partition coefficient (Wildman–Crippen LogP) is 5.87. The van der Waals surface area contributed by atoms with Gasteiger partial charge in [0.15, 0.2) is 0 Å². The van der Waals surface area contributed by atoms with Crippen molar-refractivity contribution in [3.05, 3.63) is 0 Å². The van der Waals surface area contributed by atoms with Gasteiger partial charge in [-0.25, -0.2) is 0 Å². The molecule has 116 valence electrons. The molecule has 0 nitrogen and oxygen atoms in total. The molecular weight excluding hydrogens is 271 g/mol. The van der Waals surface area contributed by atoms with Crippen molar-refractivity contribution in [3.63, 3.8) is 0 Å². The molecule has 1 heteroatoms. The fourth-order valence-corrected chi connectivity index (χ4v) is 12.0. The van der Waals surface area contributed by atoms with E-state index in [1.807, 2.05) is 8.58 Å². The maximum atomic E-state index is 2.00. The first-order valence-corrected chi connectivity index (χ1v) is 10.8. The third-order valence-corrected chi connectivity index (χ3v) is 10.5. The van der Waals surface area contributed by atoms with E-state index in [2.05, 4.69) is 0 Å². The van der Waals surface area contributed by atoms with Crippen LogP contribution in [0.4, 0.5) is 0 Å². The minimum Gasteiger partial charge on any atom is -0.526 e. The molecule has 0 aromatic carbocycles. The van der Waals surface area contributed by atoms with Gasteiger partial charge >= 0.3 is 0 Å². The highest BCUT2D eigenvalue weighted by molar-refractivity contribution is 7.42. The van der Waals surface area contributed by atoms with Crippen molar-refractivity contribution in [1.29, 1.82) is 0 Å². The molecule has 8 aliphatic carbocycles. The smallest absolute Gasteiger partial charge is 0.0427 e. The first-order chi connectivity index (χ1) is 10.2. The summed E-state index contributed by atoms with van der Waals surface area (Å²) in [5, 5.41) is 1.64. The second kappa shape index (κ2) is 4.09. The molecule has 0 saturated heterocycles. The number of hydrogen-bond donors (Lipinski definition) is 0. The van der Waals surface area contributed by atoms with Gasteiger partial charge in [-0.05, 0) is 74.0 Å². The van der Waals surface area contributed by atoms with Gasteiger partial charge in [0.1, 0.15) is 0 Å². The summed E-state index contributed by atoms with van der Waals surface area (Å²) in [6.07, 6.45) is 19.6. The summed E-state index contributed by atoms with van der Waals surface area (Å²) in [5.41, 5.74) is 0. The van der Waals surface area contributed by atoms with Crippen LogP contribution >= 0.6 is 8.58 Å². The molecule has 0 heterocycles. The van der Waals surface area contributed by atoms with E-state index in [1.165, 1.54) is 0 Å². The largest absolute Gasteiger partial charge is 0.526 e. The van der Waals surface area contributed by atoms with Crippen LogP contribution in [-0.2, 0) is 0 Å². The van der Waals surface area contributed by atoms with Crippen LogP contribution in [0, 0.1) is 35.5 Å². The van der Waals surface area contributed by atoms with Gasteiger partial charge in [0, 0.05) is 0 Å². The maximum absolute atomic E-state index is 2.00. The molecule has 0 radical (unpaired) electrons. The third kappa shape index (κ3) is 1.90. The second-order valence-electron chi connectivity index (χ2n) is 10.4. The van der Waals surface area contributed by atoms with Crippen molar-refractivity contribution < 1.29 is 0 Å². The third-order valence-electron chi connectivity index (χ3n) is 8.49. The van der Waals surface area contributed by atoms with Gasteiger partial charge in [-0.1, -0.05) is 38.5 Å². The highest BCUT2D eigenvalue weighted by atomic mass is 31.1. The summed E-state index contributed by atoms with van der Waals surface area (Å²) in [6.45, 7) is 0. The molecule has 0 amide bonds. The normalized spacial score (nSPS) is 64.0. The van der Waals surface area contributed by atoms with Crippen LogP contribution < -0.4 is 0 Å². The monoisotopic (exact) mass is 301 g/mol. The standard InChI is InChI=1S/C20H30P/c1-13-2-15-3-14(1)8-19(7-13,9-15)21-20-10-16-4-17(11-20)6-18(5-16)12-20/h13-18H,1-12H2/q-1. The summed E-state index contributed by atoms with van der Waals surface area (Å²) in [6, 6.07) is 0. The first kappa shape index (κ1) is 12.8. The van der Waals surface area contributed by atoms with Crippen LogP contribution in [0.2, 0.25) is 0 Å². The molecule has 0 atom stereocenters. The van der Waals surface area contributed by atoms with Crippen LogP contribution in [0.5, 0.6) is 0 Å². The summed E-state index contributed by atoms with van der Waals surface area (Å²) in [4.78, 5) is 0. The molecule has 0 spiro atoms. The average Bonchev–Trinajstić information content (AvgIpc) is 2.33. The minimum absolute atomic E-state index is 0.820. The van der Waals surface area contributed by atoms with Crippen LogP contribution in [0.15, 0.2) is 0 Å². The van der Waals surface area contributed by atoms with E-state index in [1.54, 1.807) is 77.0 Å². The van der Waals surface area contributed by atoms with Crippen molar-refractivity contribution in [2.45, 2.75) is 87.4 Å². The van der Waals surface area contributed by atoms with Crippen molar-refractivity contribution in [2.24, 2.45) is 35.5 Å². The predicted molar refractivity (Wildman–Crippen MR) is 88.7 cm³/mol. The molecule has 8 bridgehead atoms. The Labute approximate surface area is 132 Å². The van der Waals surface area contributed by atoms with E-state index in [4.69, 9.17) is 0 Å². The lowest BCUT2D eigenvalue weighted by Crippen LogP contribution is -2.53. The number of hydrogen-bond acceptors (Lipinski definition) is 0. The summed E-state index contributed by atoms with van der Waals surface area (Å²) < 4.78 is 0. The zero-order chi connectivity index (χ0) is 13.7. The summed E-state index contributed by atoms with van der Waals surface area (Å²) in [5.74, 6) is 6.90. The fourth-order valence-electron chi connectivity index (χ4n) is 8.91. The Bertz CT molecular complexity index is 352. The molecule has 0 unspecified atom stereocenters. The van der Waals surface area contributed by atoms with Gasteiger partial charge in [0.25, 0.3) is 0 Å². The van der Waals surface area contributed by atoms with E-state index in [9.17, 15) is 0 Å². The molecular formula is C20H30P-. The molecule has 0 aliphatic heterocycles. The molecule has 0 N–H and O–H groups in total. The SMILES string of the molecule is C1C2CC3CC1CC([P-]C14CC5CC(CC(C5)C1)C4)(C2)C3. The molecule has 21 heavy (non-hydrogen) atoms. The fraction of sp³-hybridized carbons (Fsp3) is 1.00. The van der Waals surface area contributed by atoms with Gasteiger partial charge in [0.05, 0.1) is 0 Å².